The van der Waals surface area contributed by atoms with Gasteiger partial charge in [-0.05, 0) is 32.0 Å². The summed E-state index contributed by atoms with van der Waals surface area (Å²) in [6.07, 6.45) is 6.83. The molecule has 2 saturated heterocycles. The molecule has 168 valence electrons. The third kappa shape index (κ3) is 4.43. The zero-order valence-electron chi connectivity index (χ0n) is 18.2. The van der Waals surface area contributed by atoms with Gasteiger partial charge < -0.3 is 15.0 Å². The van der Waals surface area contributed by atoms with Crippen LogP contribution in [0.25, 0.3) is 21.6 Å². The van der Waals surface area contributed by atoms with Gasteiger partial charge in [-0.25, -0.2) is 19.9 Å². The Balaban J connectivity index is 1.42. The molecule has 2 fully saturated rings. The SMILES string of the molecule is CNC(=O)C1CCN(Cc2cc3c(N4CCOCC4)nc(-c4cncnc4)nc3s2)CC1. The first-order valence-corrected chi connectivity index (χ1v) is 11.9. The summed E-state index contributed by atoms with van der Waals surface area (Å²) < 4.78 is 5.55. The minimum Gasteiger partial charge on any atom is -0.378 e. The van der Waals surface area contributed by atoms with Crippen LogP contribution in [0.2, 0.25) is 0 Å². The molecule has 10 heteroatoms. The number of carbonyl (C=O) groups is 1. The van der Waals surface area contributed by atoms with Gasteiger partial charge in [0.15, 0.2) is 5.82 Å². The highest BCUT2D eigenvalue weighted by molar-refractivity contribution is 7.18. The highest BCUT2D eigenvalue weighted by Gasteiger charge is 2.25. The molecule has 0 atom stereocenters. The molecule has 9 nitrogen and oxygen atoms in total. The van der Waals surface area contributed by atoms with Gasteiger partial charge in [0.25, 0.3) is 0 Å². The Labute approximate surface area is 190 Å². The fourth-order valence-corrected chi connectivity index (χ4v) is 5.44. The molecule has 2 aliphatic rings. The van der Waals surface area contributed by atoms with Crippen molar-refractivity contribution in [3.05, 3.63) is 29.7 Å². The maximum atomic E-state index is 11.9. The minimum atomic E-state index is 0.132. The van der Waals surface area contributed by atoms with Crippen molar-refractivity contribution >= 4 is 33.3 Å². The first-order valence-electron chi connectivity index (χ1n) is 11.0. The van der Waals surface area contributed by atoms with E-state index in [1.54, 1.807) is 30.8 Å². The summed E-state index contributed by atoms with van der Waals surface area (Å²) in [4.78, 5) is 36.9. The van der Waals surface area contributed by atoms with Gasteiger partial charge in [-0.15, -0.1) is 11.3 Å². The molecule has 3 aromatic rings. The Kier molecular flexibility index (Phi) is 6.24. The molecule has 0 saturated carbocycles. The van der Waals surface area contributed by atoms with E-state index >= 15 is 0 Å². The number of thiophene rings is 1. The number of ether oxygens (including phenoxy) is 1. The first kappa shape index (κ1) is 21.2. The first-order chi connectivity index (χ1) is 15.7. The van der Waals surface area contributed by atoms with Gasteiger partial charge in [-0.3, -0.25) is 9.69 Å². The van der Waals surface area contributed by atoms with Crippen LogP contribution in [0.15, 0.2) is 24.8 Å². The zero-order valence-corrected chi connectivity index (χ0v) is 19.0. The number of hydrogen-bond acceptors (Lipinski definition) is 9. The largest absolute Gasteiger partial charge is 0.378 e. The quantitative estimate of drug-likeness (QED) is 0.626. The van der Waals surface area contributed by atoms with Crippen molar-refractivity contribution in [1.29, 1.82) is 0 Å². The van der Waals surface area contributed by atoms with E-state index in [9.17, 15) is 4.79 Å². The summed E-state index contributed by atoms with van der Waals surface area (Å²) in [5.41, 5.74) is 0.815. The smallest absolute Gasteiger partial charge is 0.222 e. The van der Waals surface area contributed by atoms with E-state index in [2.05, 4.69) is 31.2 Å². The molecule has 3 aromatic heterocycles. The van der Waals surface area contributed by atoms with E-state index in [1.165, 1.54) is 11.2 Å². The number of aromatic nitrogens is 4. The number of fused-ring (bicyclic) bond motifs is 1. The number of carbonyl (C=O) groups excluding carboxylic acids is 1. The molecule has 2 aliphatic heterocycles. The topological polar surface area (TPSA) is 96.4 Å². The lowest BCUT2D eigenvalue weighted by Gasteiger charge is -2.30. The van der Waals surface area contributed by atoms with E-state index in [1.807, 2.05) is 0 Å². The summed E-state index contributed by atoms with van der Waals surface area (Å²) in [5, 5.41) is 3.87. The van der Waals surface area contributed by atoms with Gasteiger partial charge >= 0.3 is 0 Å². The molecule has 1 amide bonds. The van der Waals surface area contributed by atoms with Crippen molar-refractivity contribution < 1.29 is 9.53 Å². The third-order valence-electron chi connectivity index (χ3n) is 6.14. The number of morpholine rings is 1. The van der Waals surface area contributed by atoms with Crippen LogP contribution in [0.5, 0.6) is 0 Å². The van der Waals surface area contributed by atoms with Gasteiger partial charge in [0, 0.05) is 49.9 Å². The van der Waals surface area contributed by atoms with Crippen LogP contribution >= 0.6 is 11.3 Å². The second-order valence-corrected chi connectivity index (χ2v) is 9.31. The predicted molar refractivity (Wildman–Crippen MR) is 124 cm³/mol. The van der Waals surface area contributed by atoms with E-state index in [-0.39, 0.29) is 11.8 Å². The third-order valence-corrected chi connectivity index (χ3v) is 7.15. The zero-order chi connectivity index (χ0) is 21.9. The van der Waals surface area contributed by atoms with E-state index in [0.29, 0.717) is 19.0 Å². The van der Waals surface area contributed by atoms with Crippen LogP contribution in [-0.2, 0) is 16.1 Å². The van der Waals surface area contributed by atoms with Crippen LogP contribution in [-0.4, -0.2) is 77.2 Å². The normalized spacial score (nSPS) is 18.2. The van der Waals surface area contributed by atoms with Gasteiger partial charge in [-0.2, -0.15) is 0 Å². The van der Waals surface area contributed by atoms with Gasteiger partial charge in [0.1, 0.15) is 17.0 Å². The van der Waals surface area contributed by atoms with Gasteiger partial charge in [0.2, 0.25) is 5.91 Å². The molecule has 0 aromatic carbocycles. The van der Waals surface area contributed by atoms with Crippen LogP contribution in [0.3, 0.4) is 0 Å². The van der Waals surface area contributed by atoms with Crippen molar-refractivity contribution in [3.8, 4) is 11.4 Å². The molecule has 5 heterocycles. The number of hydrogen-bond donors (Lipinski definition) is 1. The van der Waals surface area contributed by atoms with Crippen LogP contribution < -0.4 is 10.2 Å². The van der Waals surface area contributed by atoms with E-state index in [4.69, 9.17) is 14.7 Å². The number of piperidine rings is 1. The Morgan fingerprint density at radius 1 is 1.16 bits per heavy atom. The summed E-state index contributed by atoms with van der Waals surface area (Å²) >= 11 is 1.72. The highest BCUT2D eigenvalue weighted by Crippen LogP contribution is 2.34. The molecule has 0 spiro atoms. The van der Waals surface area contributed by atoms with Crippen LogP contribution in [0.4, 0.5) is 5.82 Å². The van der Waals surface area contributed by atoms with Crippen molar-refractivity contribution in [2.75, 3.05) is 51.3 Å². The van der Waals surface area contributed by atoms with Crippen molar-refractivity contribution in [2.45, 2.75) is 19.4 Å². The second-order valence-electron chi connectivity index (χ2n) is 8.19. The average molecular weight is 454 g/mol. The Morgan fingerprint density at radius 3 is 2.62 bits per heavy atom. The molecule has 0 radical (unpaired) electrons. The summed E-state index contributed by atoms with van der Waals surface area (Å²) in [6.45, 7) is 5.76. The van der Waals surface area contributed by atoms with Gasteiger partial charge in [0.05, 0.1) is 24.2 Å². The number of rotatable bonds is 5. The summed E-state index contributed by atoms with van der Waals surface area (Å²) in [7, 11) is 1.72. The fraction of sp³-hybridized carbons (Fsp3) is 0.500. The van der Waals surface area contributed by atoms with Crippen molar-refractivity contribution in [3.63, 3.8) is 0 Å². The lowest BCUT2D eigenvalue weighted by atomic mass is 9.96. The Hall–Kier alpha value is -2.69. The second kappa shape index (κ2) is 9.43. The Morgan fingerprint density at radius 2 is 1.91 bits per heavy atom. The molecule has 0 bridgehead atoms. The Bertz CT molecular complexity index is 1080. The number of likely N-dealkylation sites (tertiary alicyclic amines) is 1. The number of nitrogens with zero attached hydrogens (tertiary/aromatic N) is 6. The highest BCUT2D eigenvalue weighted by atomic mass is 32.1. The maximum Gasteiger partial charge on any atom is 0.222 e. The van der Waals surface area contributed by atoms with Gasteiger partial charge in [-0.1, -0.05) is 0 Å². The molecule has 32 heavy (non-hydrogen) atoms. The molecular formula is C22H27N7O2S. The lowest BCUT2D eigenvalue weighted by molar-refractivity contribution is -0.125. The fourth-order valence-electron chi connectivity index (χ4n) is 4.37. The summed E-state index contributed by atoms with van der Waals surface area (Å²) in [6, 6.07) is 2.24. The molecule has 0 aliphatic carbocycles. The van der Waals surface area contributed by atoms with Crippen LogP contribution in [0.1, 0.15) is 17.7 Å². The van der Waals surface area contributed by atoms with Crippen LogP contribution in [0, 0.1) is 5.92 Å². The predicted octanol–water partition coefficient (Wildman–Crippen LogP) is 1.94. The molecule has 5 rings (SSSR count). The summed E-state index contributed by atoms with van der Waals surface area (Å²) in [5.74, 6) is 1.90. The number of anilines is 1. The number of amides is 1. The monoisotopic (exact) mass is 453 g/mol. The molecule has 1 N–H and O–H groups in total. The minimum absolute atomic E-state index is 0.132. The maximum absolute atomic E-state index is 11.9. The van der Waals surface area contributed by atoms with E-state index in [0.717, 1.165) is 67.2 Å². The standard InChI is InChI=1S/C22H27N7O2S/c1-23-21(30)15-2-4-28(5-3-15)13-17-10-18-20(29-6-8-31-9-7-29)26-19(27-22(18)32-17)16-11-24-14-25-12-16/h10-12,14-15H,2-9,13H2,1H3,(H,23,30). The van der Waals surface area contributed by atoms with Crippen molar-refractivity contribution in [2.24, 2.45) is 5.92 Å². The molecular weight excluding hydrogens is 426 g/mol. The van der Waals surface area contributed by atoms with Crippen molar-refractivity contribution in [1.82, 2.24) is 30.2 Å². The average Bonchev–Trinajstić information content (AvgIpc) is 3.26. The lowest BCUT2D eigenvalue weighted by Crippen LogP contribution is -2.39. The van der Waals surface area contributed by atoms with E-state index < -0.39 is 0 Å². The molecule has 0 unspecified atom stereocenters. The number of nitrogens with one attached hydrogen (secondary N) is 1.